The molecule has 0 aromatic heterocycles. The first kappa shape index (κ1) is 18.7. The Morgan fingerprint density at radius 3 is 2.40 bits per heavy atom. The van der Waals surface area contributed by atoms with Crippen molar-refractivity contribution in [3.63, 3.8) is 0 Å². The van der Waals surface area contributed by atoms with Gasteiger partial charge in [0.1, 0.15) is 0 Å². The van der Waals surface area contributed by atoms with Crippen molar-refractivity contribution >= 4 is 5.57 Å². The Morgan fingerprint density at radius 2 is 1.90 bits per heavy atom. The highest BCUT2D eigenvalue weighted by atomic mass is 14.2. The first-order valence-corrected chi connectivity index (χ1v) is 7.98. The minimum Gasteiger partial charge on any atom is -0.0995 e. The van der Waals surface area contributed by atoms with E-state index < -0.39 is 0 Å². The molecule has 0 saturated heterocycles. The van der Waals surface area contributed by atoms with Crippen LogP contribution in [0.3, 0.4) is 0 Å². The van der Waals surface area contributed by atoms with Crippen LogP contribution in [0.4, 0.5) is 0 Å². The fraction of sp³-hybridized carbons (Fsp3) is 0.500. The average molecular weight is 272 g/mol. The molecule has 0 aliphatic rings. The Bertz CT molecular complexity index is 423. The highest BCUT2D eigenvalue weighted by molar-refractivity contribution is 5.64. The van der Waals surface area contributed by atoms with Gasteiger partial charge in [-0.1, -0.05) is 76.1 Å². The topological polar surface area (TPSA) is 0 Å². The molecule has 20 heavy (non-hydrogen) atoms. The van der Waals surface area contributed by atoms with E-state index in [1.165, 1.54) is 41.5 Å². The molecule has 0 bridgehead atoms. The Kier molecular flexibility index (Phi) is 9.80. The number of benzene rings is 1. The second-order valence-electron chi connectivity index (χ2n) is 5.14. The molecule has 0 aliphatic heterocycles. The smallest absolute Gasteiger partial charge is 0.00429 e. The van der Waals surface area contributed by atoms with Crippen molar-refractivity contribution in [2.24, 2.45) is 0 Å². The minimum atomic E-state index is 0.509. The standard InChI is InChI=1S/C18H26.C2H6/c1-6-8-12-18(14(3)4)17-11-9-10-16(13-17)15(5)7-2;1-2/h7,9-11,13,18H,3,6,8,12H2,1-2,4-5H3;1-2H3/b15-7-;/t18-;/m0./s1. The Morgan fingerprint density at radius 1 is 1.25 bits per heavy atom. The third-order valence-corrected chi connectivity index (χ3v) is 3.62. The van der Waals surface area contributed by atoms with E-state index in [1.54, 1.807) is 0 Å². The molecule has 0 heteroatoms. The summed E-state index contributed by atoms with van der Waals surface area (Å²) < 4.78 is 0. The summed E-state index contributed by atoms with van der Waals surface area (Å²) in [5.74, 6) is 0.509. The second kappa shape index (κ2) is 10.5. The maximum Gasteiger partial charge on any atom is 0.00429 e. The van der Waals surface area contributed by atoms with Gasteiger partial charge in [0.05, 0.1) is 0 Å². The first-order chi connectivity index (χ1) is 9.60. The highest BCUT2D eigenvalue weighted by Crippen LogP contribution is 2.30. The molecule has 0 aliphatic carbocycles. The molecule has 1 rings (SSSR count). The van der Waals surface area contributed by atoms with Crippen molar-refractivity contribution in [1.82, 2.24) is 0 Å². The van der Waals surface area contributed by atoms with E-state index in [-0.39, 0.29) is 0 Å². The molecule has 0 nitrogen and oxygen atoms in total. The van der Waals surface area contributed by atoms with Crippen LogP contribution in [0.15, 0.2) is 42.5 Å². The fourth-order valence-electron chi connectivity index (χ4n) is 2.27. The van der Waals surface area contributed by atoms with Gasteiger partial charge in [0.2, 0.25) is 0 Å². The predicted octanol–water partition coefficient (Wildman–Crippen LogP) is 6.99. The van der Waals surface area contributed by atoms with Crippen LogP contribution in [0, 0.1) is 0 Å². The minimum absolute atomic E-state index is 0.509. The van der Waals surface area contributed by atoms with Crippen molar-refractivity contribution in [3.8, 4) is 0 Å². The van der Waals surface area contributed by atoms with Gasteiger partial charge < -0.3 is 0 Å². The molecule has 0 saturated carbocycles. The van der Waals surface area contributed by atoms with Crippen LogP contribution in [-0.2, 0) is 0 Å². The van der Waals surface area contributed by atoms with Crippen molar-refractivity contribution < 1.29 is 0 Å². The lowest BCUT2D eigenvalue weighted by Crippen LogP contribution is -2.00. The number of allylic oxidation sites excluding steroid dienone is 3. The lowest BCUT2D eigenvalue weighted by atomic mass is 9.87. The Hall–Kier alpha value is -1.30. The van der Waals surface area contributed by atoms with Crippen molar-refractivity contribution in [2.45, 2.75) is 66.7 Å². The summed E-state index contributed by atoms with van der Waals surface area (Å²) >= 11 is 0. The van der Waals surface area contributed by atoms with Crippen LogP contribution in [0.2, 0.25) is 0 Å². The summed E-state index contributed by atoms with van der Waals surface area (Å²) in [5, 5.41) is 0. The van der Waals surface area contributed by atoms with Crippen molar-refractivity contribution in [3.05, 3.63) is 53.6 Å². The number of hydrogen-bond acceptors (Lipinski definition) is 0. The fourth-order valence-corrected chi connectivity index (χ4v) is 2.27. The zero-order valence-corrected chi connectivity index (χ0v) is 14.3. The largest absolute Gasteiger partial charge is 0.0995 e. The zero-order chi connectivity index (χ0) is 15.5. The van der Waals surface area contributed by atoms with Crippen LogP contribution >= 0.6 is 0 Å². The van der Waals surface area contributed by atoms with Gasteiger partial charge in [-0.2, -0.15) is 0 Å². The Balaban J connectivity index is 0.00000172. The van der Waals surface area contributed by atoms with E-state index in [0.29, 0.717) is 5.92 Å². The summed E-state index contributed by atoms with van der Waals surface area (Å²) in [6, 6.07) is 8.92. The molecule has 0 radical (unpaired) electrons. The van der Waals surface area contributed by atoms with Gasteiger partial charge >= 0.3 is 0 Å². The van der Waals surface area contributed by atoms with E-state index in [1.807, 2.05) is 13.8 Å². The molecule has 1 aromatic rings. The van der Waals surface area contributed by atoms with Crippen LogP contribution < -0.4 is 0 Å². The van der Waals surface area contributed by atoms with Gasteiger partial charge in [0.25, 0.3) is 0 Å². The lowest BCUT2D eigenvalue weighted by Gasteiger charge is -2.18. The molecule has 0 amide bonds. The van der Waals surface area contributed by atoms with Crippen molar-refractivity contribution in [2.75, 3.05) is 0 Å². The molecule has 1 atom stereocenters. The Labute approximate surface area is 126 Å². The molecule has 0 fully saturated rings. The van der Waals surface area contributed by atoms with Crippen LogP contribution in [0.25, 0.3) is 5.57 Å². The SMILES string of the molecule is C=C(C)[C@H](CCCC)c1cccc(/C(C)=C\C)c1.CC. The maximum atomic E-state index is 4.16. The van der Waals surface area contributed by atoms with Crippen LogP contribution in [0.1, 0.15) is 77.8 Å². The summed E-state index contributed by atoms with van der Waals surface area (Å²) in [6.45, 7) is 16.8. The van der Waals surface area contributed by atoms with Crippen molar-refractivity contribution in [1.29, 1.82) is 0 Å². The van der Waals surface area contributed by atoms with E-state index in [2.05, 4.69) is 64.6 Å². The van der Waals surface area contributed by atoms with E-state index in [4.69, 9.17) is 0 Å². The molecular weight excluding hydrogens is 240 g/mol. The third kappa shape index (κ3) is 5.77. The summed E-state index contributed by atoms with van der Waals surface area (Å²) in [4.78, 5) is 0. The zero-order valence-electron chi connectivity index (χ0n) is 14.3. The van der Waals surface area contributed by atoms with E-state index in [9.17, 15) is 0 Å². The highest BCUT2D eigenvalue weighted by Gasteiger charge is 2.12. The van der Waals surface area contributed by atoms with Gasteiger partial charge in [0, 0.05) is 5.92 Å². The summed E-state index contributed by atoms with van der Waals surface area (Å²) in [6.07, 6.45) is 5.90. The summed E-state index contributed by atoms with van der Waals surface area (Å²) in [5.41, 5.74) is 5.36. The second-order valence-corrected chi connectivity index (χ2v) is 5.14. The number of unbranched alkanes of at least 4 members (excludes halogenated alkanes) is 1. The monoisotopic (exact) mass is 272 g/mol. The quantitative estimate of drug-likeness (QED) is 0.490. The first-order valence-electron chi connectivity index (χ1n) is 7.98. The summed E-state index contributed by atoms with van der Waals surface area (Å²) in [7, 11) is 0. The lowest BCUT2D eigenvalue weighted by molar-refractivity contribution is 0.643. The molecular formula is C20H32. The number of hydrogen-bond donors (Lipinski definition) is 0. The maximum absolute atomic E-state index is 4.16. The van der Waals surface area contributed by atoms with Gasteiger partial charge in [-0.05, 0) is 43.9 Å². The third-order valence-electron chi connectivity index (χ3n) is 3.62. The van der Waals surface area contributed by atoms with Gasteiger partial charge in [-0.3, -0.25) is 0 Å². The van der Waals surface area contributed by atoms with Gasteiger partial charge in [-0.25, -0.2) is 0 Å². The van der Waals surface area contributed by atoms with E-state index >= 15 is 0 Å². The predicted molar refractivity (Wildman–Crippen MR) is 94.2 cm³/mol. The van der Waals surface area contributed by atoms with Gasteiger partial charge in [0.15, 0.2) is 0 Å². The number of rotatable bonds is 6. The van der Waals surface area contributed by atoms with Crippen LogP contribution in [-0.4, -0.2) is 0 Å². The normalized spacial score (nSPS) is 12.4. The van der Waals surface area contributed by atoms with Crippen LogP contribution in [0.5, 0.6) is 0 Å². The molecule has 0 spiro atoms. The average Bonchev–Trinajstić information content (AvgIpc) is 2.49. The molecule has 1 aromatic carbocycles. The molecule has 0 unspecified atom stereocenters. The molecule has 0 heterocycles. The molecule has 112 valence electrons. The van der Waals surface area contributed by atoms with E-state index in [0.717, 1.165) is 0 Å². The molecule has 0 N–H and O–H groups in total. The van der Waals surface area contributed by atoms with Gasteiger partial charge in [-0.15, -0.1) is 0 Å².